The van der Waals surface area contributed by atoms with Gasteiger partial charge in [-0.05, 0) is 43.7 Å². The van der Waals surface area contributed by atoms with E-state index in [9.17, 15) is 19.1 Å². The van der Waals surface area contributed by atoms with Gasteiger partial charge in [0.2, 0.25) is 0 Å². The molecular weight excluding hydrogens is 373 g/mol. The minimum Gasteiger partial charge on any atom is -0.505 e. The third-order valence-corrected chi connectivity index (χ3v) is 4.54. The number of esters is 1. The van der Waals surface area contributed by atoms with Crippen LogP contribution in [-0.2, 0) is 16.0 Å². The van der Waals surface area contributed by atoms with Gasteiger partial charge in [-0.25, -0.2) is 4.39 Å². The van der Waals surface area contributed by atoms with Crippen molar-refractivity contribution in [1.82, 2.24) is 4.57 Å². The number of fused-ring (bicyclic) bond motifs is 1. The quantitative estimate of drug-likeness (QED) is 0.677. The first kappa shape index (κ1) is 18.9. The maximum atomic E-state index is 14.0. The summed E-state index contributed by atoms with van der Waals surface area (Å²) in [4.78, 5) is 25.0. The highest BCUT2D eigenvalue weighted by Gasteiger charge is 2.23. The fourth-order valence-electron chi connectivity index (χ4n) is 3.08. The van der Waals surface area contributed by atoms with Gasteiger partial charge in [-0.2, -0.15) is 0 Å². The van der Waals surface area contributed by atoms with Crippen molar-refractivity contribution in [2.45, 2.75) is 20.3 Å². The van der Waals surface area contributed by atoms with Crippen LogP contribution in [-0.4, -0.2) is 28.2 Å². The van der Waals surface area contributed by atoms with Gasteiger partial charge in [0, 0.05) is 27.7 Å². The number of carbonyl (C=O) groups excluding carboxylic acids is 2. The van der Waals surface area contributed by atoms with Crippen LogP contribution in [0.1, 0.15) is 28.5 Å². The van der Waals surface area contributed by atoms with Gasteiger partial charge in [0.05, 0.1) is 18.5 Å². The highest BCUT2D eigenvalue weighted by molar-refractivity contribution is 6.31. The van der Waals surface area contributed by atoms with Gasteiger partial charge in [-0.1, -0.05) is 17.7 Å². The van der Waals surface area contributed by atoms with Crippen LogP contribution < -0.4 is 0 Å². The van der Waals surface area contributed by atoms with Gasteiger partial charge in [0.15, 0.2) is 11.6 Å². The first-order chi connectivity index (χ1) is 12.8. The summed E-state index contributed by atoms with van der Waals surface area (Å²) in [5.74, 6) is -2.30. The predicted molar refractivity (Wildman–Crippen MR) is 99.8 cm³/mol. The fourth-order valence-corrected chi connectivity index (χ4v) is 3.27. The number of phenolic OH excluding ortho intramolecular Hbond substituents is 1. The molecule has 5 nitrogen and oxygen atoms in total. The van der Waals surface area contributed by atoms with Crippen LogP contribution in [0.2, 0.25) is 5.02 Å². The second-order valence-corrected chi connectivity index (χ2v) is 6.45. The lowest BCUT2D eigenvalue weighted by Gasteiger charge is -2.08. The standard InChI is InChI=1S/C20H17ClFNO4/c1-3-27-19(25)9-14-11(2)23(17-10-16(22)18(24)8-15(14)17)20(26)12-5-4-6-13(21)7-12/h4-8,10,24H,3,9H2,1-2H3. The molecule has 0 spiro atoms. The monoisotopic (exact) mass is 389 g/mol. The molecule has 0 unspecified atom stereocenters. The molecule has 140 valence electrons. The second kappa shape index (κ2) is 7.40. The Balaban J connectivity index is 2.23. The molecule has 0 amide bonds. The second-order valence-electron chi connectivity index (χ2n) is 6.02. The van der Waals surface area contributed by atoms with Gasteiger partial charge in [0.1, 0.15) is 0 Å². The number of aromatic hydroxyl groups is 1. The Bertz CT molecular complexity index is 1060. The van der Waals surface area contributed by atoms with Crippen molar-refractivity contribution >= 4 is 34.4 Å². The number of nitrogens with zero attached hydrogens (tertiary/aromatic N) is 1. The molecule has 7 heteroatoms. The van der Waals surface area contributed by atoms with Crippen LogP contribution in [0.4, 0.5) is 4.39 Å². The summed E-state index contributed by atoms with van der Waals surface area (Å²) >= 11 is 5.97. The number of ether oxygens (including phenoxy) is 1. The summed E-state index contributed by atoms with van der Waals surface area (Å²) in [6.07, 6.45) is -0.100. The summed E-state index contributed by atoms with van der Waals surface area (Å²) in [7, 11) is 0. The molecule has 0 saturated heterocycles. The number of halogens is 2. The van der Waals surface area contributed by atoms with E-state index in [4.69, 9.17) is 16.3 Å². The zero-order valence-electron chi connectivity index (χ0n) is 14.8. The molecule has 3 aromatic rings. The molecule has 1 heterocycles. The van der Waals surface area contributed by atoms with Crippen LogP contribution >= 0.6 is 11.6 Å². The number of hydrogen-bond donors (Lipinski definition) is 1. The minimum atomic E-state index is -0.858. The number of aromatic nitrogens is 1. The lowest BCUT2D eigenvalue weighted by Crippen LogP contribution is -2.14. The number of benzene rings is 2. The molecule has 0 bridgehead atoms. The van der Waals surface area contributed by atoms with Gasteiger partial charge >= 0.3 is 5.97 Å². The van der Waals surface area contributed by atoms with E-state index in [1.807, 2.05) is 0 Å². The van der Waals surface area contributed by atoms with Crippen molar-refractivity contribution in [3.63, 3.8) is 0 Å². The summed E-state index contributed by atoms with van der Waals surface area (Å²) in [5, 5.41) is 10.6. The molecule has 1 aromatic heterocycles. The molecule has 0 aliphatic rings. The van der Waals surface area contributed by atoms with Crippen molar-refractivity contribution in [2.24, 2.45) is 0 Å². The zero-order chi connectivity index (χ0) is 19.7. The third kappa shape index (κ3) is 3.53. The average Bonchev–Trinajstić information content (AvgIpc) is 2.86. The highest BCUT2D eigenvalue weighted by Crippen LogP contribution is 2.32. The van der Waals surface area contributed by atoms with Gasteiger partial charge in [-0.3, -0.25) is 14.2 Å². The minimum absolute atomic E-state index is 0.100. The maximum absolute atomic E-state index is 14.0. The molecule has 0 aliphatic heterocycles. The topological polar surface area (TPSA) is 68.5 Å². The summed E-state index contributed by atoms with van der Waals surface area (Å²) in [5.41, 5.74) is 1.54. The smallest absolute Gasteiger partial charge is 0.310 e. The van der Waals surface area contributed by atoms with Crippen LogP contribution in [0.15, 0.2) is 36.4 Å². The fraction of sp³-hybridized carbons (Fsp3) is 0.200. The molecule has 0 aliphatic carbocycles. The van der Waals surface area contributed by atoms with Crippen molar-refractivity contribution in [3.05, 3.63) is 64.1 Å². The van der Waals surface area contributed by atoms with Crippen LogP contribution in [0.5, 0.6) is 5.75 Å². The first-order valence-electron chi connectivity index (χ1n) is 8.31. The lowest BCUT2D eigenvalue weighted by molar-refractivity contribution is -0.142. The molecule has 0 radical (unpaired) electrons. The molecular formula is C20H17ClFNO4. The van der Waals surface area contributed by atoms with E-state index in [-0.39, 0.29) is 18.5 Å². The van der Waals surface area contributed by atoms with Crippen molar-refractivity contribution < 1.29 is 23.8 Å². The largest absolute Gasteiger partial charge is 0.505 e. The Hall–Kier alpha value is -2.86. The molecule has 0 saturated carbocycles. The van der Waals surface area contributed by atoms with Crippen LogP contribution in [0.3, 0.4) is 0 Å². The highest BCUT2D eigenvalue weighted by atomic mass is 35.5. The molecule has 0 fully saturated rings. The van der Waals surface area contributed by atoms with Gasteiger partial charge < -0.3 is 9.84 Å². The Morgan fingerprint density at radius 1 is 1.26 bits per heavy atom. The third-order valence-electron chi connectivity index (χ3n) is 4.30. The van der Waals surface area contributed by atoms with E-state index in [0.29, 0.717) is 27.2 Å². The Morgan fingerprint density at radius 2 is 2.00 bits per heavy atom. The normalized spacial score (nSPS) is 11.0. The lowest BCUT2D eigenvalue weighted by atomic mass is 10.1. The Morgan fingerprint density at radius 3 is 2.67 bits per heavy atom. The summed E-state index contributed by atoms with van der Waals surface area (Å²) in [6, 6.07) is 8.69. The Labute approximate surface area is 159 Å². The van der Waals surface area contributed by atoms with E-state index in [1.165, 1.54) is 16.7 Å². The molecule has 3 rings (SSSR count). The van der Waals surface area contributed by atoms with Crippen LogP contribution in [0.25, 0.3) is 10.9 Å². The molecule has 2 aromatic carbocycles. The number of carbonyl (C=O) groups is 2. The van der Waals surface area contributed by atoms with E-state index < -0.39 is 23.4 Å². The van der Waals surface area contributed by atoms with E-state index >= 15 is 0 Å². The number of phenols is 1. The van der Waals surface area contributed by atoms with Crippen molar-refractivity contribution in [2.75, 3.05) is 6.61 Å². The van der Waals surface area contributed by atoms with E-state index in [2.05, 4.69) is 0 Å². The van der Waals surface area contributed by atoms with Crippen LogP contribution in [0, 0.1) is 12.7 Å². The zero-order valence-corrected chi connectivity index (χ0v) is 15.5. The van der Waals surface area contributed by atoms with E-state index in [1.54, 1.807) is 32.0 Å². The molecule has 0 atom stereocenters. The Kier molecular flexibility index (Phi) is 5.19. The first-order valence-corrected chi connectivity index (χ1v) is 8.69. The van der Waals surface area contributed by atoms with Crippen molar-refractivity contribution in [1.29, 1.82) is 0 Å². The van der Waals surface area contributed by atoms with Crippen molar-refractivity contribution in [3.8, 4) is 5.75 Å². The number of rotatable bonds is 4. The SMILES string of the molecule is CCOC(=O)Cc1c(C)n(C(=O)c2cccc(Cl)c2)c2cc(F)c(O)cc12. The molecule has 1 N–H and O–H groups in total. The number of hydrogen-bond acceptors (Lipinski definition) is 4. The summed E-state index contributed by atoms with van der Waals surface area (Å²) in [6.45, 7) is 3.57. The van der Waals surface area contributed by atoms with Gasteiger partial charge in [0.25, 0.3) is 5.91 Å². The van der Waals surface area contributed by atoms with Gasteiger partial charge in [-0.15, -0.1) is 0 Å². The van der Waals surface area contributed by atoms with E-state index in [0.717, 1.165) is 6.07 Å². The summed E-state index contributed by atoms with van der Waals surface area (Å²) < 4.78 is 20.3. The molecule has 27 heavy (non-hydrogen) atoms. The maximum Gasteiger partial charge on any atom is 0.310 e. The predicted octanol–water partition coefficient (Wildman–Crippen LogP) is 4.24. The average molecular weight is 390 g/mol.